The Morgan fingerprint density at radius 3 is 1.67 bits per heavy atom. The molecule has 0 aliphatic carbocycles. The highest BCUT2D eigenvalue weighted by molar-refractivity contribution is 8.03. The second-order valence-corrected chi connectivity index (χ2v) is 17.5. The number of nitrogens with zero attached hydrogens (tertiary/aromatic N) is 1. The Balaban J connectivity index is 1.61. The van der Waals surface area contributed by atoms with Crippen molar-refractivity contribution < 1.29 is 16.8 Å². The molecule has 0 radical (unpaired) electrons. The minimum absolute atomic E-state index is 0.00325. The minimum atomic E-state index is -4.03. The first-order valence-electron chi connectivity index (χ1n) is 14.9. The third-order valence-corrected chi connectivity index (χ3v) is 13.2. The zero-order valence-electron chi connectivity index (χ0n) is 26.5. The quantitative estimate of drug-likeness (QED) is 0.168. The Kier molecular flexibility index (Phi) is 10.4. The van der Waals surface area contributed by atoms with E-state index >= 15 is 0 Å². The molecule has 0 bridgehead atoms. The van der Waals surface area contributed by atoms with Gasteiger partial charge in [-0.3, -0.25) is 9.03 Å². The summed E-state index contributed by atoms with van der Waals surface area (Å²) in [7, 11) is -7.94. The van der Waals surface area contributed by atoms with E-state index in [2.05, 4.69) is 11.6 Å². The molecule has 0 aromatic heterocycles. The SMILES string of the molecule is Cc1ccc(SC2=CN(S(=O)(=O)c3ccc(C)cc3)[C@H](/C(=C/NS(=O)(=O)c3ccc(C)cc3)Sc3ccc(C)cc3)C[C@H]2C)cc1. The summed E-state index contributed by atoms with van der Waals surface area (Å²) in [6, 6.07) is 28.8. The minimum Gasteiger partial charge on any atom is -0.286 e. The molecule has 1 aliphatic rings. The largest absolute Gasteiger partial charge is 0.286 e. The van der Waals surface area contributed by atoms with E-state index in [4.69, 9.17) is 0 Å². The Morgan fingerprint density at radius 2 is 1.15 bits per heavy atom. The summed E-state index contributed by atoms with van der Waals surface area (Å²) in [5.74, 6) is -0.00325. The number of hydrogen-bond acceptors (Lipinski definition) is 6. The molecule has 46 heavy (non-hydrogen) atoms. The molecule has 1 aliphatic heterocycles. The molecule has 4 aromatic rings. The summed E-state index contributed by atoms with van der Waals surface area (Å²) in [5, 5.41) is 0. The zero-order chi connectivity index (χ0) is 33.1. The van der Waals surface area contributed by atoms with Crippen LogP contribution in [-0.4, -0.2) is 27.2 Å². The van der Waals surface area contributed by atoms with Crippen molar-refractivity contribution in [2.75, 3.05) is 0 Å². The summed E-state index contributed by atoms with van der Waals surface area (Å²) in [6.07, 6.45) is 3.64. The standard InChI is InChI=1S/C36H38N2O4S4/c1-25-6-14-30(15-7-25)43-35(23-37-45(39,40)32-18-10-27(3)11-19-32)34-22-29(5)36(44-31-16-8-26(2)9-17-31)24-38(34)46(41,42)33-20-12-28(4)13-21-33/h6-21,23-24,29,34,37H,22H2,1-5H3/b35-23-/t29-,34+/m1/s1. The van der Waals surface area contributed by atoms with Crippen LogP contribution in [0, 0.1) is 33.6 Å². The van der Waals surface area contributed by atoms with Crippen molar-refractivity contribution >= 4 is 43.6 Å². The fourth-order valence-electron chi connectivity index (χ4n) is 4.93. The van der Waals surface area contributed by atoms with Crippen LogP contribution < -0.4 is 4.72 Å². The van der Waals surface area contributed by atoms with Gasteiger partial charge in [-0.2, -0.15) is 0 Å². The molecule has 1 heterocycles. The highest BCUT2D eigenvalue weighted by atomic mass is 32.2. The van der Waals surface area contributed by atoms with E-state index < -0.39 is 26.1 Å². The number of aryl methyl sites for hydroxylation is 4. The average Bonchev–Trinajstić information content (AvgIpc) is 3.02. The Bertz CT molecular complexity index is 1950. The first kappa shape index (κ1) is 33.9. The van der Waals surface area contributed by atoms with Crippen LogP contribution in [0.5, 0.6) is 0 Å². The van der Waals surface area contributed by atoms with Crippen LogP contribution >= 0.6 is 23.5 Å². The number of nitrogens with one attached hydrogen (secondary N) is 1. The highest BCUT2D eigenvalue weighted by Gasteiger charge is 2.38. The first-order chi connectivity index (χ1) is 21.8. The van der Waals surface area contributed by atoms with E-state index in [0.29, 0.717) is 11.3 Å². The third kappa shape index (κ3) is 8.09. The van der Waals surface area contributed by atoms with Crippen LogP contribution in [-0.2, 0) is 20.0 Å². The van der Waals surface area contributed by atoms with Gasteiger partial charge in [0.05, 0.1) is 15.8 Å². The van der Waals surface area contributed by atoms with Crippen LogP contribution in [0.15, 0.2) is 139 Å². The van der Waals surface area contributed by atoms with Crippen LogP contribution in [0.4, 0.5) is 0 Å². The van der Waals surface area contributed by atoms with Gasteiger partial charge >= 0.3 is 0 Å². The maximum atomic E-state index is 14.4. The van der Waals surface area contributed by atoms with Crippen molar-refractivity contribution in [3.8, 4) is 0 Å². The van der Waals surface area contributed by atoms with Crippen molar-refractivity contribution in [3.63, 3.8) is 0 Å². The summed E-state index contributed by atoms with van der Waals surface area (Å²) in [4.78, 5) is 3.68. The summed E-state index contributed by atoms with van der Waals surface area (Å²) in [5.41, 5.74) is 4.14. The van der Waals surface area contributed by atoms with Gasteiger partial charge in [0.15, 0.2) is 0 Å². The van der Waals surface area contributed by atoms with E-state index in [0.717, 1.165) is 36.9 Å². The predicted molar refractivity (Wildman–Crippen MR) is 190 cm³/mol. The molecule has 0 fully saturated rings. The molecule has 2 atom stereocenters. The van der Waals surface area contributed by atoms with Gasteiger partial charge in [0, 0.05) is 32.0 Å². The molecule has 0 unspecified atom stereocenters. The fraction of sp³-hybridized carbons (Fsp3) is 0.222. The Morgan fingerprint density at radius 1 is 0.696 bits per heavy atom. The summed E-state index contributed by atoms with van der Waals surface area (Å²) in [6.45, 7) is 9.92. The van der Waals surface area contributed by atoms with Gasteiger partial charge in [-0.1, -0.05) is 101 Å². The lowest BCUT2D eigenvalue weighted by Crippen LogP contribution is -2.41. The molecule has 1 N–H and O–H groups in total. The smallest absolute Gasteiger partial charge is 0.264 e. The number of benzene rings is 4. The van der Waals surface area contributed by atoms with Crippen LogP contribution in [0.3, 0.4) is 0 Å². The van der Waals surface area contributed by atoms with Crippen LogP contribution in [0.2, 0.25) is 0 Å². The van der Waals surface area contributed by atoms with Crippen LogP contribution in [0.25, 0.3) is 0 Å². The number of thioether (sulfide) groups is 2. The topological polar surface area (TPSA) is 83.6 Å². The van der Waals surface area contributed by atoms with Crippen molar-refractivity contribution in [3.05, 3.63) is 142 Å². The molecule has 10 heteroatoms. The highest BCUT2D eigenvalue weighted by Crippen LogP contribution is 2.44. The van der Waals surface area contributed by atoms with E-state index in [1.165, 1.54) is 22.3 Å². The van der Waals surface area contributed by atoms with Crippen molar-refractivity contribution in [1.29, 1.82) is 0 Å². The lowest BCUT2D eigenvalue weighted by atomic mass is 9.98. The zero-order valence-corrected chi connectivity index (χ0v) is 29.7. The number of rotatable bonds is 10. The first-order valence-corrected chi connectivity index (χ1v) is 19.5. The average molecular weight is 691 g/mol. The normalized spacial score (nSPS) is 17.5. The van der Waals surface area contributed by atoms with Crippen molar-refractivity contribution in [1.82, 2.24) is 9.03 Å². The van der Waals surface area contributed by atoms with Crippen molar-refractivity contribution in [2.45, 2.75) is 66.7 Å². The molecule has 0 saturated carbocycles. The van der Waals surface area contributed by atoms with E-state index in [1.807, 2.05) is 76.2 Å². The molecule has 5 rings (SSSR count). The van der Waals surface area contributed by atoms with Gasteiger partial charge < -0.3 is 0 Å². The van der Waals surface area contributed by atoms with Gasteiger partial charge in [0.25, 0.3) is 20.0 Å². The van der Waals surface area contributed by atoms with Crippen molar-refractivity contribution in [2.24, 2.45) is 5.92 Å². The second-order valence-electron chi connectivity index (χ2n) is 11.6. The lowest BCUT2D eigenvalue weighted by molar-refractivity contribution is 0.370. The Labute approximate surface area is 282 Å². The molecule has 0 spiro atoms. The van der Waals surface area contributed by atoms with E-state index in [1.54, 1.807) is 66.5 Å². The summed E-state index contributed by atoms with van der Waals surface area (Å²) >= 11 is 2.91. The number of sulfonamides is 2. The van der Waals surface area contributed by atoms with E-state index in [9.17, 15) is 16.8 Å². The fourth-order valence-corrected chi connectivity index (χ4v) is 9.58. The monoisotopic (exact) mass is 690 g/mol. The molecular formula is C36H38N2O4S4. The lowest BCUT2D eigenvalue weighted by Gasteiger charge is -2.38. The van der Waals surface area contributed by atoms with Gasteiger partial charge in [-0.15, -0.1) is 0 Å². The van der Waals surface area contributed by atoms with Gasteiger partial charge in [-0.05, 0) is 88.6 Å². The number of hydrogen-bond donors (Lipinski definition) is 1. The number of allylic oxidation sites excluding steroid dienone is 1. The Hall–Kier alpha value is -3.44. The van der Waals surface area contributed by atoms with Gasteiger partial charge in [-0.25, -0.2) is 16.8 Å². The van der Waals surface area contributed by atoms with Gasteiger partial charge in [0.1, 0.15) is 0 Å². The van der Waals surface area contributed by atoms with E-state index in [-0.39, 0.29) is 15.7 Å². The maximum Gasteiger partial charge on any atom is 0.264 e. The summed E-state index contributed by atoms with van der Waals surface area (Å²) < 4.78 is 59.7. The van der Waals surface area contributed by atoms with Gasteiger partial charge in [0.2, 0.25) is 0 Å². The van der Waals surface area contributed by atoms with Crippen LogP contribution in [0.1, 0.15) is 35.6 Å². The molecule has 6 nitrogen and oxygen atoms in total. The molecule has 240 valence electrons. The third-order valence-electron chi connectivity index (χ3n) is 7.75. The molecule has 0 saturated heterocycles. The second kappa shape index (κ2) is 14.1. The molecular weight excluding hydrogens is 653 g/mol. The predicted octanol–water partition coefficient (Wildman–Crippen LogP) is 8.57. The molecule has 0 amide bonds. The molecule has 4 aromatic carbocycles. The maximum absolute atomic E-state index is 14.4.